The molecule has 4 aromatic rings. The third-order valence-electron chi connectivity index (χ3n) is 3.57. The van der Waals surface area contributed by atoms with Crippen LogP contribution in [0, 0.1) is 0 Å². The molecule has 0 fully saturated rings. The van der Waals surface area contributed by atoms with Crippen LogP contribution in [0.5, 0.6) is 0 Å². The number of fused-ring (bicyclic) bond motifs is 1. The number of hydrogen-bond donors (Lipinski definition) is 0. The van der Waals surface area contributed by atoms with Crippen molar-refractivity contribution in [1.29, 1.82) is 0 Å². The molecule has 0 amide bonds. The quantitative estimate of drug-likeness (QED) is 0.365. The summed E-state index contributed by atoms with van der Waals surface area (Å²) >= 11 is 3.99. The van der Waals surface area contributed by atoms with E-state index in [1.807, 2.05) is 41.8 Å². The van der Waals surface area contributed by atoms with E-state index in [0.29, 0.717) is 21.4 Å². The summed E-state index contributed by atoms with van der Waals surface area (Å²) in [5, 5.41) is 14.3. The van der Waals surface area contributed by atoms with Gasteiger partial charge in [0, 0.05) is 6.42 Å². The highest BCUT2D eigenvalue weighted by molar-refractivity contribution is 8.01. The topological polar surface area (TPSA) is 77.2 Å². The molecule has 0 saturated carbocycles. The van der Waals surface area contributed by atoms with E-state index in [-0.39, 0.29) is 17.1 Å². The van der Waals surface area contributed by atoms with Crippen molar-refractivity contribution in [3.63, 3.8) is 0 Å². The highest BCUT2D eigenvalue weighted by atomic mass is 32.2. The van der Waals surface area contributed by atoms with E-state index >= 15 is 0 Å². The van der Waals surface area contributed by atoms with Crippen molar-refractivity contribution in [2.75, 3.05) is 5.75 Å². The number of Topliss-reactive ketones (excluding diaryl/α,β-unsaturated/α-hetero) is 1. The summed E-state index contributed by atoms with van der Waals surface area (Å²) in [6.45, 7) is 0. The van der Waals surface area contributed by atoms with Crippen LogP contribution in [-0.4, -0.2) is 31.3 Å². The van der Waals surface area contributed by atoms with Crippen molar-refractivity contribution in [2.24, 2.45) is 0 Å². The second kappa shape index (κ2) is 7.48. The average Bonchev–Trinajstić information content (AvgIpc) is 3.33. The Morgan fingerprint density at radius 2 is 1.96 bits per heavy atom. The van der Waals surface area contributed by atoms with Crippen LogP contribution in [0.3, 0.4) is 0 Å². The zero-order valence-corrected chi connectivity index (χ0v) is 15.8. The van der Waals surface area contributed by atoms with Gasteiger partial charge in [0.1, 0.15) is 5.69 Å². The number of thiophene rings is 1. The third kappa shape index (κ3) is 3.59. The first kappa shape index (κ1) is 17.1. The molecule has 3 aromatic heterocycles. The van der Waals surface area contributed by atoms with Gasteiger partial charge < -0.3 is 0 Å². The standard InChI is InChI=1S/C17H12N4O2S3/c22-13(14-7-4-8-24-14)10-25-17-20-21-15(23)12(18-19-16(21)26-17)9-11-5-2-1-3-6-11/h1-8H,9-10H2. The molecule has 0 radical (unpaired) electrons. The van der Waals surface area contributed by atoms with Crippen molar-refractivity contribution in [1.82, 2.24) is 19.8 Å². The predicted molar refractivity (Wildman–Crippen MR) is 104 cm³/mol. The van der Waals surface area contributed by atoms with E-state index in [9.17, 15) is 9.59 Å². The van der Waals surface area contributed by atoms with Gasteiger partial charge in [-0.3, -0.25) is 9.59 Å². The van der Waals surface area contributed by atoms with E-state index in [1.54, 1.807) is 6.07 Å². The molecule has 130 valence electrons. The monoisotopic (exact) mass is 400 g/mol. The van der Waals surface area contributed by atoms with Crippen molar-refractivity contribution >= 4 is 45.2 Å². The Bertz CT molecular complexity index is 1100. The SMILES string of the molecule is O=C(CSc1nn2c(=O)c(Cc3ccccc3)nnc2s1)c1cccs1. The van der Waals surface area contributed by atoms with Gasteiger partial charge in [0.25, 0.3) is 5.56 Å². The van der Waals surface area contributed by atoms with Gasteiger partial charge in [0.15, 0.2) is 10.1 Å². The Morgan fingerprint density at radius 1 is 1.12 bits per heavy atom. The number of carbonyl (C=O) groups excluding carboxylic acids is 1. The fraction of sp³-hybridized carbons (Fsp3) is 0.118. The van der Waals surface area contributed by atoms with Crippen LogP contribution in [0.15, 0.2) is 57.0 Å². The minimum Gasteiger partial charge on any atom is -0.292 e. The molecule has 6 nitrogen and oxygen atoms in total. The van der Waals surface area contributed by atoms with E-state index in [1.165, 1.54) is 39.0 Å². The molecule has 9 heteroatoms. The predicted octanol–water partition coefficient (Wildman–Crippen LogP) is 3.17. The Labute approximate surface area is 160 Å². The number of carbonyl (C=O) groups is 1. The molecule has 0 N–H and O–H groups in total. The molecule has 0 aliphatic heterocycles. The smallest absolute Gasteiger partial charge is 0.292 e. The Balaban J connectivity index is 1.54. The van der Waals surface area contributed by atoms with Gasteiger partial charge in [-0.2, -0.15) is 4.52 Å². The average molecular weight is 401 g/mol. The Kier molecular flexibility index (Phi) is 4.91. The molecular formula is C17H12N4O2S3. The van der Waals surface area contributed by atoms with Gasteiger partial charge in [-0.05, 0) is 17.0 Å². The lowest BCUT2D eigenvalue weighted by Gasteiger charge is -1.99. The fourth-order valence-corrected chi connectivity index (χ4v) is 4.84. The molecule has 0 atom stereocenters. The van der Waals surface area contributed by atoms with Gasteiger partial charge in [0.05, 0.1) is 10.6 Å². The maximum atomic E-state index is 12.6. The Hall–Kier alpha value is -2.36. The summed E-state index contributed by atoms with van der Waals surface area (Å²) in [7, 11) is 0. The van der Waals surface area contributed by atoms with Crippen molar-refractivity contribution in [3.8, 4) is 0 Å². The summed E-state index contributed by atoms with van der Waals surface area (Å²) < 4.78 is 1.90. The normalized spacial score (nSPS) is 11.1. The fourth-order valence-electron chi connectivity index (χ4n) is 2.32. The van der Waals surface area contributed by atoms with Crippen molar-refractivity contribution < 1.29 is 4.79 Å². The number of thioether (sulfide) groups is 1. The van der Waals surface area contributed by atoms with E-state index in [4.69, 9.17) is 0 Å². The van der Waals surface area contributed by atoms with Crippen LogP contribution in [0.1, 0.15) is 20.9 Å². The van der Waals surface area contributed by atoms with Gasteiger partial charge >= 0.3 is 0 Å². The van der Waals surface area contributed by atoms with Crippen LogP contribution < -0.4 is 5.56 Å². The van der Waals surface area contributed by atoms with Crippen LogP contribution >= 0.6 is 34.4 Å². The van der Waals surface area contributed by atoms with E-state index < -0.39 is 0 Å². The van der Waals surface area contributed by atoms with Gasteiger partial charge in [-0.25, -0.2) is 0 Å². The number of benzene rings is 1. The summed E-state index contributed by atoms with van der Waals surface area (Å²) in [6.07, 6.45) is 0.409. The maximum Gasteiger partial charge on any atom is 0.297 e. The highest BCUT2D eigenvalue weighted by Gasteiger charge is 2.14. The van der Waals surface area contributed by atoms with E-state index in [2.05, 4.69) is 15.3 Å². The Morgan fingerprint density at radius 3 is 2.73 bits per heavy atom. The maximum absolute atomic E-state index is 12.6. The first-order valence-electron chi connectivity index (χ1n) is 7.69. The molecule has 0 aliphatic carbocycles. The van der Waals surface area contributed by atoms with Crippen LogP contribution in [0.4, 0.5) is 0 Å². The second-order valence-electron chi connectivity index (χ2n) is 5.37. The van der Waals surface area contributed by atoms with Gasteiger partial charge in [-0.15, -0.1) is 26.6 Å². The summed E-state index contributed by atoms with van der Waals surface area (Å²) in [5.41, 5.74) is 1.07. The number of nitrogens with zero attached hydrogens (tertiary/aromatic N) is 4. The molecule has 4 rings (SSSR count). The zero-order chi connectivity index (χ0) is 17.9. The second-order valence-corrected chi connectivity index (χ2v) is 8.49. The first-order valence-corrected chi connectivity index (χ1v) is 10.4. The van der Waals surface area contributed by atoms with Crippen molar-refractivity contribution in [2.45, 2.75) is 10.8 Å². The summed E-state index contributed by atoms with van der Waals surface area (Å²) in [6, 6.07) is 13.3. The lowest BCUT2D eigenvalue weighted by molar-refractivity contribution is 0.102. The summed E-state index contributed by atoms with van der Waals surface area (Å²) in [5.74, 6) is 0.326. The highest BCUT2D eigenvalue weighted by Crippen LogP contribution is 2.24. The van der Waals surface area contributed by atoms with E-state index in [0.717, 1.165) is 10.4 Å². The van der Waals surface area contributed by atoms with Crippen LogP contribution in [0.25, 0.3) is 4.96 Å². The minimum absolute atomic E-state index is 0.0486. The van der Waals surface area contributed by atoms with Crippen LogP contribution in [-0.2, 0) is 6.42 Å². The largest absolute Gasteiger partial charge is 0.297 e. The molecule has 26 heavy (non-hydrogen) atoms. The number of aromatic nitrogens is 4. The molecule has 1 aromatic carbocycles. The van der Waals surface area contributed by atoms with Crippen molar-refractivity contribution in [3.05, 3.63) is 74.3 Å². The van der Waals surface area contributed by atoms with Crippen LogP contribution in [0.2, 0.25) is 0 Å². The lowest BCUT2D eigenvalue weighted by Crippen LogP contribution is -2.22. The third-order valence-corrected chi connectivity index (χ3v) is 6.52. The molecule has 0 spiro atoms. The number of rotatable bonds is 6. The molecule has 3 heterocycles. The lowest BCUT2D eigenvalue weighted by atomic mass is 10.1. The molecular weight excluding hydrogens is 388 g/mol. The zero-order valence-electron chi connectivity index (χ0n) is 13.4. The van der Waals surface area contributed by atoms with Gasteiger partial charge in [-0.1, -0.05) is 59.5 Å². The minimum atomic E-state index is -0.272. The molecule has 0 bridgehead atoms. The van der Waals surface area contributed by atoms with Gasteiger partial charge in [0.2, 0.25) is 4.96 Å². The molecule has 0 aliphatic rings. The number of hydrogen-bond acceptors (Lipinski definition) is 8. The first-order chi connectivity index (χ1) is 12.7. The summed E-state index contributed by atoms with van der Waals surface area (Å²) in [4.78, 5) is 25.8. The molecule has 0 saturated heterocycles. The number of ketones is 1. The molecule has 0 unspecified atom stereocenters.